The number of anilines is 1. The number of aryl methyl sites for hydroxylation is 2. The second-order valence-electron chi connectivity index (χ2n) is 8.65. The van der Waals surface area contributed by atoms with Crippen LogP contribution in [-0.4, -0.2) is 19.0 Å². The van der Waals surface area contributed by atoms with Crippen LogP contribution in [0.4, 0.5) is 5.69 Å². The van der Waals surface area contributed by atoms with Crippen LogP contribution in [-0.2, 0) is 12.8 Å². The number of benzene rings is 2. The van der Waals surface area contributed by atoms with E-state index in [0.29, 0.717) is 0 Å². The van der Waals surface area contributed by atoms with E-state index in [1.54, 1.807) is 0 Å². The van der Waals surface area contributed by atoms with Crippen LogP contribution in [0.5, 0.6) is 0 Å². The van der Waals surface area contributed by atoms with Crippen LogP contribution in [0, 0.1) is 5.92 Å². The molecule has 1 N–H and O–H groups in total. The summed E-state index contributed by atoms with van der Waals surface area (Å²) in [5.41, 5.74) is 6.00. The number of carbonyl (C=O) groups is 1. The van der Waals surface area contributed by atoms with Crippen LogP contribution in [0.3, 0.4) is 0 Å². The summed E-state index contributed by atoms with van der Waals surface area (Å²) in [7, 11) is 0. The quantitative estimate of drug-likeness (QED) is 0.786. The first-order valence-corrected chi connectivity index (χ1v) is 10.9. The molecule has 2 aromatic rings. The van der Waals surface area contributed by atoms with Gasteiger partial charge in [0.1, 0.15) is 0 Å². The minimum atomic E-state index is -0.000963. The van der Waals surface area contributed by atoms with E-state index in [1.165, 1.54) is 42.5 Å². The van der Waals surface area contributed by atoms with Gasteiger partial charge in [0.15, 0.2) is 0 Å². The maximum Gasteiger partial charge on any atom is 0.251 e. The number of amides is 1. The molecule has 1 unspecified atom stereocenters. The Kier molecular flexibility index (Phi) is 5.70. The second-order valence-corrected chi connectivity index (χ2v) is 8.65. The van der Waals surface area contributed by atoms with Gasteiger partial charge in [-0.15, -0.1) is 0 Å². The van der Waals surface area contributed by atoms with Crippen molar-refractivity contribution in [3.05, 3.63) is 64.7 Å². The molecular formula is C25H32N2O. The van der Waals surface area contributed by atoms with Crippen molar-refractivity contribution in [3.8, 4) is 0 Å². The predicted octanol–water partition coefficient (Wildman–Crippen LogP) is 5.29. The van der Waals surface area contributed by atoms with Crippen molar-refractivity contribution in [3.63, 3.8) is 0 Å². The molecule has 3 heteroatoms. The Labute approximate surface area is 169 Å². The number of fused-ring (bicyclic) bond motifs is 1. The van der Waals surface area contributed by atoms with Gasteiger partial charge in [0.05, 0.1) is 6.04 Å². The molecule has 148 valence electrons. The molecule has 2 aliphatic rings. The number of nitrogens with zero attached hydrogens (tertiary/aromatic N) is 1. The van der Waals surface area contributed by atoms with E-state index in [9.17, 15) is 4.79 Å². The highest BCUT2D eigenvalue weighted by Gasteiger charge is 2.18. The molecule has 3 nitrogen and oxygen atoms in total. The highest BCUT2D eigenvalue weighted by molar-refractivity contribution is 5.94. The van der Waals surface area contributed by atoms with Crippen LogP contribution in [0.2, 0.25) is 0 Å². The lowest BCUT2D eigenvalue weighted by atomic mass is 9.90. The molecule has 0 radical (unpaired) electrons. The summed E-state index contributed by atoms with van der Waals surface area (Å²) in [5, 5.41) is 3.17. The third-order valence-electron chi connectivity index (χ3n) is 6.50. The Balaban J connectivity index is 1.39. The number of hydrogen-bond acceptors (Lipinski definition) is 2. The maximum atomic E-state index is 12.7. The van der Waals surface area contributed by atoms with E-state index in [0.717, 1.165) is 43.0 Å². The zero-order valence-electron chi connectivity index (χ0n) is 17.2. The van der Waals surface area contributed by atoms with Gasteiger partial charge in [0, 0.05) is 24.3 Å². The van der Waals surface area contributed by atoms with Crippen molar-refractivity contribution in [1.82, 2.24) is 5.32 Å². The molecule has 1 atom stereocenters. The number of carbonyl (C=O) groups excluding carboxylic acids is 1. The van der Waals surface area contributed by atoms with Crippen molar-refractivity contribution in [2.24, 2.45) is 5.92 Å². The Morgan fingerprint density at radius 3 is 2.39 bits per heavy atom. The van der Waals surface area contributed by atoms with Crippen molar-refractivity contribution in [2.45, 2.75) is 58.4 Å². The number of rotatable bonds is 4. The molecule has 1 amide bonds. The summed E-state index contributed by atoms with van der Waals surface area (Å²) < 4.78 is 0. The highest BCUT2D eigenvalue weighted by Crippen LogP contribution is 2.25. The van der Waals surface area contributed by atoms with Gasteiger partial charge in [-0.05, 0) is 92.3 Å². The molecule has 0 aromatic heterocycles. The average Bonchev–Trinajstić information content (AvgIpc) is 2.74. The Morgan fingerprint density at radius 1 is 1.00 bits per heavy atom. The summed E-state index contributed by atoms with van der Waals surface area (Å²) in [4.78, 5) is 15.2. The van der Waals surface area contributed by atoms with E-state index in [4.69, 9.17) is 0 Å². The zero-order chi connectivity index (χ0) is 19.5. The zero-order valence-corrected chi connectivity index (χ0v) is 17.2. The minimum absolute atomic E-state index is 0.000963. The summed E-state index contributed by atoms with van der Waals surface area (Å²) >= 11 is 0. The number of hydrogen-bond donors (Lipinski definition) is 1. The van der Waals surface area contributed by atoms with Crippen molar-refractivity contribution < 1.29 is 4.79 Å². The average molecular weight is 377 g/mol. The molecule has 0 saturated carbocycles. The van der Waals surface area contributed by atoms with Crippen LogP contribution in [0.15, 0.2) is 42.5 Å². The van der Waals surface area contributed by atoms with Crippen molar-refractivity contribution in [1.29, 1.82) is 0 Å². The first-order valence-electron chi connectivity index (χ1n) is 10.9. The van der Waals surface area contributed by atoms with Crippen LogP contribution in [0.1, 0.15) is 72.6 Å². The van der Waals surface area contributed by atoms with Crippen LogP contribution >= 0.6 is 0 Å². The molecule has 4 rings (SSSR count). The van der Waals surface area contributed by atoms with Gasteiger partial charge in [-0.1, -0.05) is 25.1 Å². The summed E-state index contributed by atoms with van der Waals surface area (Å²) in [6, 6.07) is 14.9. The van der Waals surface area contributed by atoms with Crippen LogP contribution < -0.4 is 10.2 Å². The second kappa shape index (κ2) is 8.38. The molecule has 1 heterocycles. The van der Waals surface area contributed by atoms with E-state index in [1.807, 2.05) is 6.07 Å². The topological polar surface area (TPSA) is 32.3 Å². The fraction of sp³-hybridized carbons (Fsp3) is 0.480. The normalized spacial score (nSPS) is 18.4. The van der Waals surface area contributed by atoms with Gasteiger partial charge in [0.2, 0.25) is 0 Å². The minimum Gasteiger partial charge on any atom is -0.372 e. The van der Waals surface area contributed by atoms with Gasteiger partial charge in [-0.2, -0.15) is 0 Å². The first kappa shape index (κ1) is 19.0. The fourth-order valence-corrected chi connectivity index (χ4v) is 4.48. The molecule has 0 bridgehead atoms. The number of piperidine rings is 1. The molecular weight excluding hydrogens is 344 g/mol. The lowest BCUT2D eigenvalue weighted by Crippen LogP contribution is -2.32. The standard InChI is InChI=1S/C25H32N2O/c1-18-13-15-27(16-14-18)24-11-9-20(10-12-24)19(2)26-25(28)23-8-7-21-5-3-4-6-22(21)17-23/h7-12,17-19H,3-6,13-16H2,1-2H3,(H,26,28). The van der Waals surface area contributed by atoms with Crippen LogP contribution in [0.25, 0.3) is 0 Å². The Morgan fingerprint density at radius 2 is 1.68 bits per heavy atom. The van der Waals surface area contributed by atoms with E-state index in [-0.39, 0.29) is 11.9 Å². The summed E-state index contributed by atoms with van der Waals surface area (Å²) in [5.74, 6) is 0.865. The summed E-state index contributed by atoms with van der Waals surface area (Å²) in [6.07, 6.45) is 7.29. The van der Waals surface area contributed by atoms with Gasteiger partial charge in [-0.25, -0.2) is 0 Å². The van der Waals surface area contributed by atoms with Gasteiger partial charge in [0.25, 0.3) is 5.91 Å². The third kappa shape index (κ3) is 4.24. The smallest absolute Gasteiger partial charge is 0.251 e. The van der Waals surface area contributed by atoms with Crippen molar-refractivity contribution in [2.75, 3.05) is 18.0 Å². The van der Waals surface area contributed by atoms with Gasteiger partial charge in [-0.3, -0.25) is 4.79 Å². The molecule has 2 aromatic carbocycles. The largest absolute Gasteiger partial charge is 0.372 e. The fourth-order valence-electron chi connectivity index (χ4n) is 4.48. The molecule has 1 saturated heterocycles. The number of nitrogens with one attached hydrogen (secondary N) is 1. The monoisotopic (exact) mass is 376 g/mol. The highest BCUT2D eigenvalue weighted by atomic mass is 16.1. The summed E-state index contributed by atoms with van der Waals surface area (Å²) in [6.45, 7) is 6.69. The SMILES string of the molecule is CC1CCN(c2ccc(C(C)NC(=O)c3ccc4c(c3)CCCC4)cc2)CC1. The first-order chi connectivity index (χ1) is 13.6. The van der Waals surface area contributed by atoms with Gasteiger partial charge >= 0.3 is 0 Å². The van der Waals surface area contributed by atoms with Gasteiger partial charge < -0.3 is 10.2 Å². The maximum absolute atomic E-state index is 12.7. The molecule has 1 aliphatic heterocycles. The third-order valence-corrected chi connectivity index (χ3v) is 6.50. The molecule has 1 fully saturated rings. The Hall–Kier alpha value is -2.29. The molecule has 1 aliphatic carbocycles. The van der Waals surface area contributed by atoms with E-state index < -0.39 is 0 Å². The van der Waals surface area contributed by atoms with E-state index in [2.05, 4.69) is 60.5 Å². The Bertz CT molecular complexity index is 819. The predicted molar refractivity (Wildman–Crippen MR) is 116 cm³/mol. The molecule has 0 spiro atoms. The van der Waals surface area contributed by atoms with Crippen molar-refractivity contribution >= 4 is 11.6 Å². The lowest BCUT2D eigenvalue weighted by Gasteiger charge is -2.32. The van der Waals surface area contributed by atoms with E-state index >= 15 is 0 Å². The lowest BCUT2D eigenvalue weighted by molar-refractivity contribution is 0.0939. The molecule has 28 heavy (non-hydrogen) atoms.